The van der Waals surface area contributed by atoms with Crippen molar-refractivity contribution in [1.82, 2.24) is 10.2 Å². The smallest absolute Gasteiger partial charge is 0.264 e. The van der Waals surface area contributed by atoms with Crippen LogP contribution in [0.25, 0.3) is 0 Å². The Hall–Kier alpha value is -3.85. The third kappa shape index (κ3) is 7.62. The Morgan fingerprint density at radius 1 is 0.818 bits per heavy atom. The summed E-state index contributed by atoms with van der Waals surface area (Å²) in [6.45, 7) is 5.16. The second kappa shape index (κ2) is 14.8. The van der Waals surface area contributed by atoms with Crippen molar-refractivity contribution in [3.8, 4) is 0 Å². The quantitative estimate of drug-likeness (QED) is 0.187. The van der Waals surface area contributed by atoms with Crippen LogP contribution in [0, 0.1) is 13.8 Å². The molecule has 4 rings (SSSR count). The molecule has 0 saturated heterocycles. The standard InChI is InChI=1S/C34H35Cl2N3O4S/c1-4-37-34(41)32(21-26-14-7-5-8-15-26)38(22-28-29(35)18-12-19-30(28)36)33(40)23-39(31-20-11-13-24(2)25(31)3)44(42,43)27-16-9-6-10-17-27/h5-20,32H,4,21-23H2,1-3H3,(H,37,41)/t32-/m1/s1. The second-order valence-electron chi connectivity index (χ2n) is 10.4. The number of nitrogens with zero attached hydrogens (tertiary/aromatic N) is 2. The molecule has 1 atom stereocenters. The van der Waals surface area contributed by atoms with Gasteiger partial charge in [-0.25, -0.2) is 8.42 Å². The van der Waals surface area contributed by atoms with Crippen molar-refractivity contribution in [3.05, 3.63) is 129 Å². The van der Waals surface area contributed by atoms with Crippen LogP contribution in [0.15, 0.2) is 102 Å². The summed E-state index contributed by atoms with van der Waals surface area (Å²) in [5.41, 5.74) is 3.23. The van der Waals surface area contributed by atoms with Crippen LogP contribution in [0.1, 0.15) is 29.2 Å². The van der Waals surface area contributed by atoms with E-state index in [4.69, 9.17) is 23.2 Å². The van der Waals surface area contributed by atoms with Gasteiger partial charge in [-0.1, -0.05) is 89.9 Å². The normalized spacial score (nSPS) is 11.9. The lowest BCUT2D eigenvalue weighted by atomic mass is 10.0. The van der Waals surface area contributed by atoms with Gasteiger partial charge in [0.2, 0.25) is 11.8 Å². The van der Waals surface area contributed by atoms with E-state index in [2.05, 4.69) is 5.32 Å². The summed E-state index contributed by atoms with van der Waals surface area (Å²) < 4.78 is 29.4. The highest BCUT2D eigenvalue weighted by molar-refractivity contribution is 7.92. The Labute approximate surface area is 269 Å². The number of anilines is 1. The number of amides is 2. The van der Waals surface area contributed by atoms with Crippen LogP contribution < -0.4 is 9.62 Å². The highest BCUT2D eigenvalue weighted by Crippen LogP contribution is 2.31. The van der Waals surface area contributed by atoms with Gasteiger partial charge in [-0.3, -0.25) is 13.9 Å². The summed E-state index contributed by atoms with van der Waals surface area (Å²) in [7, 11) is -4.19. The first-order valence-corrected chi connectivity index (χ1v) is 16.4. The average molecular weight is 653 g/mol. The number of carbonyl (C=O) groups is 2. The molecule has 0 fully saturated rings. The van der Waals surface area contributed by atoms with E-state index in [9.17, 15) is 18.0 Å². The van der Waals surface area contributed by atoms with Gasteiger partial charge in [0, 0.05) is 35.1 Å². The van der Waals surface area contributed by atoms with Gasteiger partial charge in [0.05, 0.1) is 10.6 Å². The molecule has 10 heteroatoms. The third-order valence-electron chi connectivity index (χ3n) is 7.47. The third-order valence-corrected chi connectivity index (χ3v) is 9.95. The van der Waals surface area contributed by atoms with E-state index in [0.717, 1.165) is 15.4 Å². The Balaban J connectivity index is 1.85. The zero-order valence-corrected chi connectivity index (χ0v) is 27.2. The van der Waals surface area contributed by atoms with Crippen LogP contribution in [0.2, 0.25) is 10.0 Å². The summed E-state index contributed by atoms with van der Waals surface area (Å²) in [5, 5.41) is 3.50. The first-order valence-electron chi connectivity index (χ1n) is 14.2. The van der Waals surface area contributed by atoms with E-state index < -0.39 is 28.5 Å². The van der Waals surface area contributed by atoms with Gasteiger partial charge in [-0.05, 0) is 67.8 Å². The molecule has 0 unspecified atom stereocenters. The monoisotopic (exact) mass is 651 g/mol. The first kappa shape index (κ1) is 33.1. The second-order valence-corrected chi connectivity index (χ2v) is 13.0. The van der Waals surface area contributed by atoms with Crippen molar-refractivity contribution < 1.29 is 18.0 Å². The molecule has 0 saturated carbocycles. The van der Waals surface area contributed by atoms with Crippen LogP contribution in [-0.2, 0) is 32.6 Å². The molecule has 0 aliphatic heterocycles. The molecular formula is C34H35Cl2N3O4S. The van der Waals surface area contributed by atoms with Crippen molar-refractivity contribution in [1.29, 1.82) is 0 Å². The predicted molar refractivity (Wildman–Crippen MR) is 177 cm³/mol. The average Bonchev–Trinajstić information content (AvgIpc) is 3.01. The van der Waals surface area contributed by atoms with Gasteiger partial charge in [0.15, 0.2) is 0 Å². The lowest BCUT2D eigenvalue weighted by molar-refractivity contribution is -0.140. The van der Waals surface area contributed by atoms with Crippen molar-refractivity contribution >= 4 is 50.7 Å². The maximum atomic E-state index is 14.5. The van der Waals surface area contributed by atoms with Gasteiger partial charge >= 0.3 is 0 Å². The molecule has 0 aromatic heterocycles. The molecule has 44 heavy (non-hydrogen) atoms. The van der Waals surface area contributed by atoms with Crippen LogP contribution in [-0.4, -0.2) is 44.3 Å². The largest absolute Gasteiger partial charge is 0.355 e. The number of likely N-dealkylation sites (N-methyl/N-ethyl adjacent to an activating group) is 1. The zero-order chi connectivity index (χ0) is 31.9. The fourth-order valence-electron chi connectivity index (χ4n) is 4.94. The summed E-state index contributed by atoms with van der Waals surface area (Å²) in [6, 6.07) is 26.6. The van der Waals surface area contributed by atoms with Crippen molar-refractivity contribution in [3.63, 3.8) is 0 Å². The fraction of sp³-hybridized carbons (Fsp3) is 0.235. The summed E-state index contributed by atoms with van der Waals surface area (Å²) in [6.07, 6.45) is 0.190. The first-order chi connectivity index (χ1) is 21.0. The molecule has 4 aromatic carbocycles. The number of rotatable bonds is 12. The SMILES string of the molecule is CCNC(=O)[C@@H](Cc1ccccc1)N(Cc1c(Cl)cccc1Cl)C(=O)CN(c1cccc(C)c1C)S(=O)(=O)c1ccccc1. The lowest BCUT2D eigenvalue weighted by Gasteiger charge is -2.34. The van der Waals surface area contributed by atoms with Crippen molar-refractivity contribution in [2.45, 2.75) is 44.7 Å². The topological polar surface area (TPSA) is 86.8 Å². The van der Waals surface area contributed by atoms with E-state index in [1.807, 2.05) is 50.2 Å². The minimum Gasteiger partial charge on any atom is -0.355 e. The summed E-state index contributed by atoms with van der Waals surface area (Å²) in [5.74, 6) is -0.967. The van der Waals surface area contributed by atoms with E-state index in [1.54, 1.807) is 55.5 Å². The zero-order valence-electron chi connectivity index (χ0n) is 24.8. The van der Waals surface area contributed by atoms with Crippen LogP contribution in [0.4, 0.5) is 5.69 Å². The van der Waals surface area contributed by atoms with Crippen molar-refractivity contribution in [2.24, 2.45) is 0 Å². The predicted octanol–water partition coefficient (Wildman–Crippen LogP) is 6.58. The minimum absolute atomic E-state index is 0.0407. The molecule has 7 nitrogen and oxygen atoms in total. The number of hydrogen-bond acceptors (Lipinski definition) is 4. The minimum atomic E-state index is -4.19. The molecular weight excluding hydrogens is 617 g/mol. The molecule has 1 N–H and O–H groups in total. The Morgan fingerprint density at radius 2 is 1.41 bits per heavy atom. The maximum absolute atomic E-state index is 14.5. The lowest BCUT2D eigenvalue weighted by Crippen LogP contribution is -2.53. The number of benzene rings is 4. The summed E-state index contributed by atoms with van der Waals surface area (Å²) >= 11 is 13.1. The Kier molecular flexibility index (Phi) is 11.1. The number of halogens is 2. The molecule has 0 bridgehead atoms. The number of hydrogen-bond donors (Lipinski definition) is 1. The molecule has 0 radical (unpaired) electrons. The number of sulfonamides is 1. The van der Waals surface area contributed by atoms with Crippen LogP contribution in [0.5, 0.6) is 0 Å². The van der Waals surface area contributed by atoms with Crippen LogP contribution >= 0.6 is 23.2 Å². The molecule has 0 heterocycles. The highest BCUT2D eigenvalue weighted by atomic mass is 35.5. The Morgan fingerprint density at radius 3 is 2.02 bits per heavy atom. The number of nitrogens with one attached hydrogen (secondary N) is 1. The van der Waals surface area contributed by atoms with Crippen molar-refractivity contribution in [2.75, 3.05) is 17.4 Å². The van der Waals surface area contributed by atoms with Crippen LogP contribution in [0.3, 0.4) is 0 Å². The highest BCUT2D eigenvalue weighted by Gasteiger charge is 2.35. The summed E-state index contributed by atoms with van der Waals surface area (Å²) in [4.78, 5) is 29.6. The fourth-order valence-corrected chi connectivity index (χ4v) is 6.95. The van der Waals surface area contributed by atoms with Gasteiger partial charge in [-0.15, -0.1) is 0 Å². The molecule has 0 aliphatic rings. The molecule has 4 aromatic rings. The van der Waals surface area contributed by atoms with E-state index in [0.29, 0.717) is 33.4 Å². The van der Waals surface area contributed by atoms with E-state index >= 15 is 0 Å². The van der Waals surface area contributed by atoms with E-state index in [1.165, 1.54) is 17.0 Å². The maximum Gasteiger partial charge on any atom is 0.264 e. The van der Waals surface area contributed by atoms with Gasteiger partial charge in [-0.2, -0.15) is 0 Å². The molecule has 230 valence electrons. The van der Waals surface area contributed by atoms with E-state index in [-0.39, 0.29) is 23.8 Å². The Bertz CT molecular complexity index is 1700. The van der Waals surface area contributed by atoms with Gasteiger partial charge in [0.1, 0.15) is 12.6 Å². The molecule has 0 spiro atoms. The molecule has 0 aliphatic carbocycles. The van der Waals surface area contributed by atoms with Gasteiger partial charge < -0.3 is 10.2 Å². The van der Waals surface area contributed by atoms with Gasteiger partial charge in [0.25, 0.3) is 10.0 Å². The molecule has 2 amide bonds. The number of aryl methyl sites for hydroxylation is 1. The number of carbonyl (C=O) groups excluding carboxylic acids is 2.